The average Bonchev–Trinajstić information content (AvgIpc) is 3.21. The maximum atomic E-state index is 12.5. The van der Waals surface area contributed by atoms with Crippen LogP contribution in [0.1, 0.15) is 58.3 Å². The highest BCUT2D eigenvalue weighted by molar-refractivity contribution is 5.76. The highest BCUT2D eigenvalue weighted by Crippen LogP contribution is 2.44. The van der Waals surface area contributed by atoms with Crippen LogP contribution in [-0.4, -0.2) is 59.5 Å². The quantitative estimate of drug-likeness (QED) is 0.854. The van der Waals surface area contributed by atoms with Crippen LogP contribution < -0.4 is 0 Å². The second-order valence-electron chi connectivity index (χ2n) is 8.21. The van der Waals surface area contributed by atoms with Crippen LogP contribution in [0.2, 0.25) is 0 Å². The Kier molecular flexibility index (Phi) is 5.48. The minimum atomic E-state index is 0.0165. The Morgan fingerprint density at radius 3 is 2.38 bits per heavy atom. The Morgan fingerprint density at radius 1 is 1.12 bits per heavy atom. The van der Waals surface area contributed by atoms with Crippen LogP contribution >= 0.6 is 0 Å². The first-order valence-electron chi connectivity index (χ1n) is 9.68. The number of amides is 2. The van der Waals surface area contributed by atoms with Crippen LogP contribution in [0.4, 0.5) is 0 Å². The summed E-state index contributed by atoms with van der Waals surface area (Å²) in [5.74, 6) is 1.33. The lowest BCUT2D eigenvalue weighted by molar-refractivity contribution is -0.135. The number of hydrogen-bond donors (Lipinski definition) is 1. The number of aliphatic hydroxyl groups excluding tert-OH is 1. The summed E-state index contributed by atoms with van der Waals surface area (Å²) in [6.45, 7) is 4.73. The standard InChI is InChI=1S/C19H32N2O3/c1-15(23)21-12-17(13-22)19(14-21)8-10-20(11-9-19)18(24)7-6-16-4-2-3-5-16/h16-17,22H,2-14H2,1H3. The van der Waals surface area contributed by atoms with Crippen LogP contribution in [0.25, 0.3) is 0 Å². The Hall–Kier alpha value is -1.10. The van der Waals surface area contributed by atoms with Crippen molar-refractivity contribution < 1.29 is 14.7 Å². The minimum Gasteiger partial charge on any atom is -0.396 e. The predicted molar refractivity (Wildman–Crippen MR) is 92.3 cm³/mol. The van der Waals surface area contributed by atoms with Crippen LogP contribution in [-0.2, 0) is 9.59 Å². The molecule has 1 saturated carbocycles. The molecule has 1 spiro atoms. The van der Waals surface area contributed by atoms with Gasteiger partial charge in [-0.25, -0.2) is 0 Å². The van der Waals surface area contributed by atoms with E-state index in [1.54, 1.807) is 6.92 Å². The fourth-order valence-corrected chi connectivity index (χ4v) is 5.08. The van der Waals surface area contributed by atoms with Gasteiger partial charge in [-0.2, -0.15) is 0 Å². The molecule has 0 bridgehead atoms. The Bertz CT molecular complexity index is 465. The van der Waals surface area contributed by atoms with Gasteiger partial charge in [0.15, 0.2) is 0 Å². The molecule has 1 N–H and O–H groups in total. The molecule has 1 atom stereocenters. The van der Waals surface area contributed by atoms with Gasteiger partial charge in [-0.3, -0.25) is 9.59 Å². The van der Waals surface area contributed by atoms with Crippen LogP contribution in [0, 0.1) is 17.3 Å². The number of likely N-dealkylation sites (tertiary alicyclic amines) is 2. The van der Waals surface area contributed by atoms with E-state index in [9.17, 15) is 14.7 Å². The van der Waals surface area contributed by atoms with E-state index >= 15 is 0 Å². The molecule has 2 heterocycles. The zero-order chi connectivity index (χ0) is 17.2. The summed E-state index contributed by atoms with van der Waals surface area (Å²) in [5, 5.41) is 9.75. The Labute approximate surface area is 145 Å². The van der Waals surface area contributed by atoms with E-state index in [0.29, 0.717) is 18.9 Å². The number of aliphatic hydroxyl groups is 1. The molecule has 0 radical (unpaired) electrons. The van der Waals surface area contributed by atoms with Gasteiger partial charge in [0.1, 0.15) is 0 Å². The zero-order valence-electron chi connectivity index (χ0n) is 15.0. The molecule has 1 aliphatic carbocycles. The number of rotatable bonds is 4. The first-order chi connectivity index (χ1) is 11.5. The molecule has 2 aliphatic heterocycles. The van der Waals surface area contributed by atoms with Crippen molar-refractivity contribution >= 4 is 11.8 Å². The molecular weight excluding hydrogens is 304 g/mol. The minimum absolute atomic E-state index is 0.0165. The van der Waals surface area contributed by atoms with E-state index in [1.165, 1.54) is 25.7 Å². The summed E-state index contributed by atoms with van der Waals surface area (Å²) in [6.07, 6.45) is 8.85. The van der Waals surface area contributed by atoms with E-state index in [2.05, 4.69) is 0 Å². The number of hydrogen-bond acceptors (Lipinski definition) is 3. The summed E-state index contributed by atoms with van der Waals surface area (Å²) in [7, 11) is 0. The van der Waals surface area contributed by atoms with Crippen LogP contribution in [0.15, 0.2) is 0 Å². The normalized spacial score (nSPS) is 27.2. The molecule has 3 aliphatic rings. The van der Waals surface area contributed by atoms with Crippen molar-refractivity contribution in [2.45, 2.75) is 58.3 Å². The van der Waals surface area contributed by atoms with E-state index in [0.717, 1.165) is 44.8 Å². The van der Waals surface area contributed by atoms with Gasteiger partial charge in [0, 0.05) is 52.0 Å². The fourth-order valence-electron chi connectivity index (χ4n) is 5.08. The molecule has 2 saturated heterocycles. The van der Waals surface area contributed by atoms with Crippen molar-refractivity contribution in [2.24, 2.45) is 17.3 Å². The molecule has 5 nitrogen and oxygen atoms in total. The van der Waals surface area contributed by atoms with E-state index in [1.807, 2.05) is 9.80 Å². The van der Waals surface area contributed by atoms with Gasteiger partial charge in [0.25, 0.3) is 0 Å². The second-order valence-corrected chi connectivity index (χ2v) is 8.21. The van der Waals surface area contributed by atoms with Crippen LogP contribution in [0.5, 0.6) is 0 Å². The number of carbonyl (C=O) groups excluding carboxylic acids is 2. The molecule has 0 aromatic heterocycles. The second kappa shape index (κ2) is 7.42. The number of carbonyl (C=O) groups is 2. The molecule has 24 heavy (non-hydrogen) atoms. The summed E-state index contributed by atoms with van der Waals surface area (Å²) >= 11 is 0. The van der Waals surface area contributed by atoms with E-state index < -0.39 is 0 Å². The molecule has 5 heteroatoms. The SMILES string of the molecule is CC(=O)N1CC(CO)C2(CCN(C(=O)CCC3CCCC3)CC2)C1. The average molecular weight is 336 g/mol. The lowest BCUT2D eigenvalue weighted by Crippen LogP contribution is -2.47. The van der Waals surface area contributed by atoms with E-state index in [4.69, 9.17) is 0 Å². The van der Waals surface area contributed by atoms with Gasteiger partial charge in [-0.05, 0) is 30.6 Å². The molecule has 1 unspecified atom stereocenters. The van der Waals surface area contributed by atoms with Crippen LogP contribution in [0.3, 0.4) is 0 Å². The van der Waals surface area contributed by atoms with Gasteiger partial charge in [-0.1, -0.05) is 25.7 Å². The lowest BCUT2D eigenvalue weighted by Gasteiger charge is -2.42. The van der Waals surface area contributed by atoms with E-state index in [-0.39, 0.29) is 23.8 Å². The third-order valence-electron chi connectivity index (χ3n) is 6.83. The van der Waals surface area contributed by atoms with Crippen molar-refractivity contribution in [3.8, 4) is 0 Å². The Morgan fingerprint density at radius 2 is 1.79 bits per heavy atom. The topological polar surface area (TPSA) is 60.9 Å². The predicted octanol–water partition coefficient (Wildman–Crippen LogP) is 2.04. The van der Waals surface area contributed by atoms with Gasteiger partial charge in [-0.15, -0.1) is 0 Å². The van der Waals surface area contributed by atoms with Crippen molar-refractivity contribution in [3.63, 3.8) is 0 Å². The fraction of sp³-hybridized carbons (Fsp3) is 0.895. The number of piperidine rings is 1. The number of nitrogens with zero attached hydrogens (tertiary/aromatic N) is 2. The monoisotopic (exact) mass is 336 g/mol. The van der Waals surface area contributed by atoms with Crippen molar-refractivity contribution in [2.75, 3.05) is 32.8 Å². The Balaban J connectivity index is 1.50. The van der Waals surface area contributed by atoms with Gasteiger partial charge >= 0.3 is 0 Å². The van der Waals surface area contributed by atoms with Gasteiger partial charge < -0.3 is 14.9 Å². The molecule has 3 rings (SSSR count). The van der Waals surface area contributed by atoms with Gasteiger partial charge in [0.2, 0.25) is 11.8 Å². The third-order valence-corrected chi connectivity index (χ3v) is 6.83. The van der Waals surface area contributed by atoms with Crippen molar-refractivity contribution in [1.82, 2.24) is 9.80 Å². The molecular formula is C19H32N2O3. The largest absolute Gasteiger partial charge is 0.396 e. The first-order valence-corrected chi connectivity index (χ1v) is 9.68. The molecule has 3 fully saturated rings. The molecule has 0 aromatic rings. The molecule has 2 amide bonds. The van der Waals surface area contributed by atoms with Crippen molar-refractivity contribution in [3.05, 3.63) is 0 Å². The third kappa shape index (κ3) is 3.61. The summed E-state index contributed by atoms with van der Waals surface area (Å²) in [5.41, 5.74) is 0.0165. The van der Waals surface area contributed by atoms with Gasteiger partial charge in [0.05, 0.1) is 0 Å². The highest BCUT2D eigenvalue weighted by atomic mass is 16.3. The summed E-state index contributed by atoms with van der Waals surface area (Å²) < 4.78 is 0. The smallest absolute Gasteiger partial charge is 0.222 e. The summed E-state index contributed by atoms with van der Waals surface area (Å²) in [4.78, 5) is 28.1. The lowest BCUT2D eigenvalue weighted by atomic mass is 9.71. The maximum absolute atomic E-state index is 12.5. The molecule has 136 valence electrons. The molecule has 0 aromatic carbocycles. The van der Waals surface area contributed by atoms with Crippen molar-refractivity contribution in [1.29, 1.82) is 0 Å². The summed E-state index contributed by atoms with van der Waals surface area (Å²) in [6, 6.07) is 0. The zero-order valence-corrected chi connectivity index (χ0v) is 15.0. The maximum Gasteiger partial charge on any atom is 0.222 e. The highest BCUT2D eigenvalue weighted by Gasteiger charge is 2.48. The first kappa shape index (κ1) is 17.7.